The summed E-state index contributed by atoms with van der Waals surface area (Å²) in [4.78, 5) is 4.73. The maximum atomic E-state index is 6.50. The zero-order chi connectivity index (χ0) is 46.1. The van der Waals surface area contributed by atoms with Gasteiger partial charge < -0.3 is 18.6 Å². The number of hydrogen-bond donors (Lipinski definition) is 0. The lowest BCUT2D eigenvalue weighted by Crippen LogP contribution is -2.26. The highest BCUT2D eigenvalue weighted by molar-refractivity contribution is 6.08. The third-order valence-electron chi connectivity index (χ3n) is 15.0. The third kappa shape index (κ3) is 5.53. The summed E-state index contributed by atoms with van der Waals surface area (Å²) in [5.41, 5.74) is 20.8. The van der Waals surface area contributed by atoms with Crippen LogP contribution in [0.15, 0.2) is 245 Å². The first-order valence-corrected chi connectivity index (χ1v) is 24.1. The van der Waals surface area contributed by atoms with Gasteiger partial charge in [-0.2, -0.15) is 0 Å². The molecule has 1 atom stereocenters. The van der Waals surface area contributed by atoms with Gasteiger partial charge in [0.15, 0.2) is 0 Å². The highest BCUT2D eigenvalue weighted by Crippen LogP contribution is 2.64. The minimum atomic E-state index is -0.584. The molecule has 0 fully saturated rings. The Morgan fingerprint density at radius 2 is 0.757 bits per heavy atom. The smallest absolute Gasteiger partial charge is 0.137 e. The van der Waals surface area contributed by atoms with E-state index in [1.165, 1.54) is 60.8 Å². The van der Waals surface area contributed by atoms with Gasteiger partial charge in [0.2, 0.25) is 0 Å². The normalized spacial score (nSPS) is 14.4. The lowest BCUT2D eigenvalue weighted by atomic mass is 9.70. The highest BCUT2D eigenvalue weighted by Gasteiger charge is 2.52. The van der Waals surface area contributed by atoms with Crippen LogP contribution in [0.25, 0.3) is 76.9 Å². The molecule has 2 aliphatic rings. The van der Waals surface area contributed by atoms with Crippen LogP contribution in [0.1, 0.15) is 27.8 Å². The minimum absolute atomic E-state index is 0.584. The molecule has 0 radical (unpaired) electrons. The van der Waals surface area contributed by atoms with Crippen molar-refractivity contribution in [3.8, 4) is 22.3 Å². The number of hydrogen-bond acceptors (Lipinski definition) is 4. The number of benzene rings is 11. The molecule has 0 saturated heterocycles. The van der Waals surface area contributed by atoms with Crippen molar-refractivity contribution >= 4 is 88.8 Å². The van der Waals surface area contributed by atoms with Gasteiger partial charge >= 0.3 is 0 Å². The molecule has 2 heterocycles. The Morgan fingerprint density at radius 3 is 1.43 bits per heavy atom. The van der Waals surface area contributed by atoms with E-state index < -0.39 is 5.41 Å². The Balaban J connectivity index is 0.953. The van der Waals surface area contributed by atoms with Crippen LogP contribution in [0.4, 0.5) is 34.1 Å². The molecule has 0 N–H and O–H groups in total. The molecule has 11 aromatic carbocycles. The largest absolute Gasteiger partial charge is 0.456 e. The monoisotopic (exact) mass is 894 g/mol. The van der Waals surface area contributed by atoms with Crippen LogP contribution in [-0.4, -0.2) is 0 Å². The molecule has 0 saturated carbocycles. The number of aryl methyl sites for hydroxylation is 1. The molecule has 0 amide bonds. The van der Waals surface area contributed by atoms with E-state index in [1.807, 2.05) is 24.3 Å². The molecule has 328 valence electrons. The molecule has 1 spiro atoms. The van der Waals surface area contributed by atoms with Gasteiger partial charge in [-0.15, -0.1) is 0 Å². The maximum absolute atomic E-state index is 6.50. The second-order valence-electron chi connectivity index (χ2n) is 18.9. The molecule has 13 aromatic rings. The van der Waals surface area contributed by atoms with E-state index in [2.05, 4.69) is 229 Å². The van der Waals surface area contributed by atoms with Crippen LogP contribution in [-0.2, 0) is 5.41 Å². The van der Waals surface area contributed by atoms with E-state index in [9.17, 15) is 0 Å². The molecule has 0 bridgehead atoms. The van der Waals surface area contributed by atoms with Crippen molar-refractivity contribution < 1.29 is 8.83 Å². The SMILES string of the molecule is Cc1ccc2c(c1)C1(c3ccccc3-2)c2cc(N(c3ccccc3)c3ccc4c(c3)oc3ccccc34)ccc2-c2cc3ccc(N(c4ccccc4)c4ccc5c(c4)oc4ccccc45)cc3cc21. The summed E-state index contributed by atoms with van der Waals surface area (Å²) in [6.45, 7) is 2.23. The minimum Gasteiger partial charge on any atom is -0.456 e. The number of rotatable bonds is 6. The Hall–Kier alpha value is -9.12. The topological polar surface area (TPSA) is 32.8 Å². The molecule has 2 aromatic heterocycles. The number of anilines is 6. The van der Waals surface area contributed by atoms with E-state index in [4.69, 9.17) is 8.83 Å². The second-order valence-corrected chi connectivity index (χ2v) is 18.9. The van der Waals surface area contributed by atoms with E-state index in [0.717, 1.165) is 78.0 Å². The molecule has 4 nitrogen and oxygen atoms in total. The van der Waals surface area contributed by atoms with Gasteiger partial charge in [0.1, 0.15) is 22.3 Å². The van der Waals surface area contributed by atoms with Crippen LogP contribution in [0.3, 0.4) is 0 Å². The fourth-order valence-corrected chi connectivity index (χ4v) is 12.0. The van der Waals surface area contributed by atoms with Gasteiger partial charge in [-0.1, -0.05) is 133 Å². The summed E-state index contributed by atoms with van der Waals surface area (Å²) in [5.74, 6) is 0. The summed E-state index contributed by atoms with van der Waals surface area (Å²) in [6.07, 6.45) is 0. The molecule has 0 aliphatic heterocycles. The van der Waals surface area contributed by atoms with E-state index in [-0.39, 0.29) is 0 Å². The van der Waals surface area contributed by atoms with Gasteiger partial charge in [0.05, 0.1) is 5.41 Å². The van der Waals surface area contributed by atoms with Crippen molar-refractivity contribution in [1.29, 1.82) is 0 Å². The predicted octanol–water partition coefficient (Wildman–Crippen LogP) is 18.2. The van der Waals surface area contributed by atoms with Crippen molar-refractivity contribution in [3.63, 3.8) is 0 Å². The maximum Gasteiger partial charge on any atom is 0.137 e. The summed E-state index contributed by atoms with van der Waals surface area (Å²) >= 11 is 0. The third-order valence-corrected chi connectivity index (χ3v) is 15.0. The molecule has 1 unspecified atom stereocenters. The average molecular weight is 895 g/mol. The van der Waals surface area contributed by atoms with Crippen LogP contribution >= 0.6 is 0 Å². The standard InChI is InChI=1S/C66H42N2O2/c1-41-24-30-51-50-18-8-11-21-58(50)66(59(51)34-41)60-37-43-35-46(67(44-14-4-2-5-15-44)48-28-32-55-53-19-9-12-22-62(53)69-64(55)39-48)26-25-42(43)36-57(60)52-31-27-47(38-61(52)66)68(45-16-6-3-7-17-45)49-29-33-56-54-20-10-13-23-63(54)70-65(56)40-49/h2-40H,1H3. The predicted molar refractivity (Wildman–Crippen MR) is 289 cm³/mol. The summed E-state index contributed by atoms with van der Waals surface area (Å²) in [7, 11) is 0. The Morgan fingerprint density at radius 1 is 0.286 bits per heavy atom. The van der Waals surface area contributed by atoms with E-state index in [0.29, 0.717) is 0 Å². The van der Waals surface area contributed by atoms with Crippen molar-refractivity contribution in [3.05, 3.63) is 264 Å². The number of furan rings is 2. The molecule has 4 heteroatoms. The van der Waals surface area contributed by atoms with Crippen LogP contribution < -0.4 is 9.80 Å². The molecular weight excluding hydrogens is 853 g/mol. The quantitative estimate of drug-likeness (QED) is 0.166. The van der Waals surface area contributed by atoms with Crippen LogP contribution in [0, 0.1) is 6.92 Å². The summed E-state index contributed by atoms with van der Waals surface area (Å²) in [5, 5.41) is 6.84. The van der Waals surface area contributed by atoms with E-state index >= 15 is 0 Å². The number of para-hydroxylation sites is 4. The summed E-state index contributed by atoms with van der Waals surface area (Å²) in [6, 6.07) is 86.3. The first kappa shape index (κ1) is 38.9. The number of fused-ring (bicyclic) bond motifs is 17. The number of nitrogens with zero attached hydrogens (tertiary/aromatic N) is 2. The van der Waals surface area contributed by atoms with Gasteiger partial charge in [-0.3, -0.25) is 0 Å². The van der Waals surface area contributed by atoms with E-state index in [1.54, 1.807) is 0 Å². The summed E-state index contributed by atoms with van der Waals surface area (Å²) < 4.78 is 13.0. The van der Waals surface area contributed by atoms with Crippen molar-refractivity contribution in [2.75, 3.05) is 9.80 Å². The zero-order valence-electron chi connectivity index (χ0n) is 38.2. The zero-order valence-corrected chi connectivity index (χ0v) is 38.2. The average Bonchev–Trinajstić information content (AvgIpc) is 4.13. The molecule has 15 rings (SSSR count). The van der Waals surface area contributed by atoms with Crippen LogP contribution in [0.5, 0.6) is 0 Å². The molecule has 70 heavy (non-hydrogen) atoms. The Kier molecular flexibility index (Phi) is 8.17. The fourth-order valence-electron chi connectivity index (χ4n) is 12.0. The first-order chi connectivity index (χ1) is 34.6. The van der Waals surface area contributed by atoms with Gasteiger partial charge in [-0.05, 0) is 159 Å². The first-order valence-electron chi connectivity index (χ1n) is 24.1. The lowest BCUT2D eigenvalue weighted by Gasteiger charge is -2.32. The van der Waals surface area contributed by atoms with Gasteiger partial charge in [0.25, 0.3) is 0 Å². The molecule has 2 aliphatic carbocycles. The van der Waals surface area contributed by atoms with Gasteiger partial charge in [-0.25, -0.2) is 0 Å². The fraction of sp³-hybridized carbons (Fsp3) is 0.0303. The molecular formula is C66H42N2O2. The van der Waals surface area contributed by atoms with Crippen molar-refractivity contribution in [2.24, 2.45) is 0 Å². The van der Waals surface area contributed by atoms with Crippen molar-refractivity contribution in [1.82, 2.24) is 0 Å². The Labute approximate surface area is 404 Å². The highest BCUT2D eigenvalue weighted by atomic mass is 16.3. The lowest BCUT2D eigenvalue weighted by molar-refractivity contribution is 0.668. The second kappa shape index (κ2) is 14.7. The van der Waals surface area contributed by atoms with Crippen molar-refractivity contribution in [2.45, 2.75) is 12.3 Å². The Bertz CT molecular complexity index is 4280. The van der Waals surface area contributed by atoms with Crippen LogP contribution in [0.2, 0.25) is 0 Å². The van der Waals surface area contributed by atoms with Gasteiger partial charge in [0, 0.05) is 67.8 Å².